The van der Waals surface area contributed by atoms with Gasteiger partial charge in [0.1, 0.15) is 11.6 Å². The van der Waals surface area contributed by atoms with Gasteiger partial charge >= 0.3 is 5.97 Å². The summed E-state index contributed by atoms with van der Waals surface area (Å²) in [6, 6.07) is 4.01. The van der Waals surface area contributed by atoms with Crippen molar-refractivity contribution in [3.63, 3.8) is 0 Å². The van der Waals surface area contributed by atoms with Gasteiger partial charge in [0.2, 0.25) is 0 Å². The van der Waals surface area contributed by atoms with E-state index in [0.717, 1.165) is 0 Å². The molecular weight excluding hydrogens is 249 g/mol. The van der Waals surface area contributed by atoms with Crippen molar-refractivity contribution < 1.29 is 18.7 Å². The summed E-state index contributed by atoms with van der Waals surface area (Å²) in [7, 11) is 0. The van der Waals surface area contributed by atoms with Gasteiger partial charge in [-0.25, -0.2) is 9.18 Å². The molecule has 0 aliphatic carbocycles. The smallest absolute Gasteiger partial charge is 0.347 e. The molecule has 0 spiro atoms. The quantitative estimate of drug-likeness (QED) is 0.806. The van der Waals surface area contributed by atoms with Crippen LogP contribution in [0.15, 0.2) is 18.2 Å². The van der Waals surface area contributed by atoms with E-state index in [0.29, 0.717) is 17.7 Å². The Morgan fingerprint density at radius 2 is 2.11 bits per heavy atom. The van der Waals surface area contributed by atoms with Gasteiger partial charge in [0, 0.05) is 17.7 Å². The summed E-state index contributed by atoms with van der Waals surface area (Å²) in [5.74, 6) is -0.588. The summed E-state index contributed by atoms with van der Waals surface area (Å²) >= 11 is 0. The molecule has 0 amide bonds. The van der Waals surface area contributed by atoms with Gasteiger partial charge in [-0.05, 0) is 26.3 Å². The number of carbonyl (C=O) groups is 1. The molecule has 19 heavy (non-hydrogen) atoms. The molecule has 0 aliphatic rings. The fraction of sp³-hybridized carbons (Fsp3) is 0.500. The Hall–Kier alpha value is -1.62. The zero-order chi connectivity index (χ0) is 14.4. The van der Waals surface area contributed by atoms with Crippen molar-refractivity contribution in [1.82, 2.24) is 0 Å². The van der Waals surface area contributed by atoms with Crippen LogP contribution in [0.1, 0.15) is 38.8 Å². The van der Waals surface area contributed by atoms with Crippen LogP contribution < -0.4 is 10.5 Å². The summed E-state index contributed by atoms with van der Waals surface area (Å²) in [4.78, 5) is 11.6. The van der Waals surface area contributed by atoms with E-state index in [9.17, 15) is 9.18 Å². The Labute approximate surface area is 112 Å². The van der Waals surface area contributed by atoms with E-state index in [-0.39, 0.29) is 12.6 Å². The molecule has 2 unspecified atom stereocenters. The first kappa shape index (κ1) is 15.4. The highest BCUT2D eigenvalue weighted by molar-refractivity contribution is 5.75. The van der Waals surface area contributed by atoms with E-state index in [1.807, 2.05) is 0 Å². The van der Waals surface area contributed by atoms with Gasteiger partial charge in [0.25, 0.3) is 0 Å². The predicted molar refractivity (Wildman–Crippen MR) is 70.3 cm³/mol. The predicted octanol–water partition coefficient (Wildman–Crippen LogP) is 2.57. The van der Waals surface area contributed by atoms with E-state index in [4.69, 9.17) is 15.2 Å². The molecule has 0 saturated heterocycles. The average molecular weight is 269 g/mol. The molecule has 1 rings (SSSR count). The second kappa shape index (κ2) is 7.09. The number of ether oxygens (including phenoxy) is 2. The summed E-state index contributed by atoms with van der Waals surface area (Å²) < 4.78 is 24.0. The first-order valence-electron chi connectivity index (χ1n) is 6.37. The van der Waals surface area contributed by atoms with Gasteiger partial charge in [0.05, 0.1) is 6.61 Å². The van der Waals surface area contributed by atoms with Crippen LogP contribution in [0.4, 0.5) is 4.39 Å². The van der Waals surface area contributed by atoms with Crippen LogP contribution in [-0.4, -0.2) is 18.7 Å². The van der Waals surface area contributed by atoms with Crippen LogP contribution in [0.25, 0.3) is 0 Å². The summed E-state index contributed by atoms with van der Waals surface area (Å²) in [6.07, 6.45) is -0.268. The van der Waals surface area contributed by atoms with Crippen molar-refractivity contribution >= 4 is 5.97 Å². The van der Waals surface area contributed by atoms with Gasteiger partial charge in [-0.1, -0.05) is 13.0 Å². The molecule has 106 valence electrons. The van der Waals surface area contributed by atoms with Crippen LogP contribution in [0.5, 0.6) is 5.75 Å². The molecule has 0 saturated carbocycles. The molecule has 0 radical (unpaired) electrons. The molecule has 2 N–H and O–H groups in total. The first-order chi connectivity index (χ1) is 8.99. The molecule has 4 nitrogen and oxygen atoms in total. The van der Waals surface area contributed by atoms with E-state index in [2.05, 4.69) is 0 Å². The lowest BCUT2D eigenvalue weighted by Crippen LogP contribution is -2.28. The number of hydrogen-bond acceptors (Lipinski definition) is 4. The fourth-order valence-corrected chi connectivity index (χ4v) is 1.65. The third-order valence-corrected chi connectivity index (χ3v) is 2.66. The molecule has 0 heterocycles. The van der Waals surface area contributed by atoms with Gasteiger partial charge < -0.3 is 15.2 Å². The number of nitrogens with two attached hydrogens (primary N) is 1. The summed E-state index contributed by atoms with van der Waals surface area (Å²) in [5, 5.41) is 0. The van der Waals surface area contributed by atoms with Crippen molar-refractivity contribution in [3.05, 3.63) is 29.6 Å². The molecule has 1 aromatic carbocycles. The van der Waals surface area contributed by atoms with Crippen LogP contribution >= 0.6 is 0 Å². The fourth-order valence-electron chi connectivity index (χ4n) is 1.65. The highest BCUT2D eigenvalue weighted by Gasteiger charge is 2.20. The molecule has 0 fully saturated rings. The topological polar surface area (TPSA) is 61.5 Å². The molecular formula is C14H20FNO3. The van der Waals surface area contributed by atoms with Crippen LogP contribution in [-0.2, 0) is 9.53 Å². The lowest BCUT2D eigenvalue weighted by atomic mass is 10.1. The van der Waals surface area contributed by atoms with Crippen LogP contribution in [0.2, 0.25) is 0 Å². The second-order valence-corrected chi connectivity index (χ2v) is 4.24. The van der Waals surface area contributed by atoms with Crippen molar-refractivity contribution in [2.75, 3.05) is 6.61 Å². The Bertz CT molecular complexity index is 435. The van der Waals surface area contributed by atoms with Gasteiger partial charge in [-0.2, -0.15) is 0 Å². The van der Waals surface area contributed by atoms with Crippen LogP contribution in [0, 0.1) is 5.82 Å². The average Bonchev–Trinajstić information content (AvgIpc) is 2.35. The minimum absolute atomic E-state index is 0.288. The Morgan fingerprint density at radius 3 is 2.58 bits per heavy atom. The van der Waals surface area contributed by atoms with Crippen molar-refractivity contribution in [2.24, 2.45) is 5.73 Å². The minimum atomic E-state index is -0.722. The largest absolute Gasteiger partial charge is 0.479 e. The molecule has 5 heteroatoms. The van der Waals surface area contributed by atoms with E-state index < -0.39 is 17.9 Å². The number of carbonyl (C=O) groups excluding carboxylic acids is 1. The zero-order valence-corrected chi connectivity index (χ0v) is 11.5. The van der Waals surface area contributed by atoms with Crippen molar-refractivity contribution in [1.29, 1.82) is 0 Å². The lowest BCUT2D eigenvalue weighted by molar-refractivity contribution is -0.151. The standard InChI is InChI=1S/C14H20FNO3/c1-4-13(14(17)18-5-2)19-10-6-7-11(9(3)16)12(15)8-10/h6-9,13H,4-5,16H2,1-3H3. The van der Waals surface area contributed by atoms with E-state index >= 15 is 0 Å². The van der Waals surface area contributed by atoms with Crippen molar-refractivity contribution in [3.8, 4) is 5.75 Å². The normalized spacial score (nSPS) is 13.7. The maximum Gasteiger partial charge on any atom is 0.347 e. The van der Waals surface area contributed by atoms with Gasteiger partial charge in [-0.15, -0.1) is 0 Å². The number of halogens is 1. The van der Waals surface area contributed by atoms with Gasteiger partial charge in [0.15, 0.2) is 6.10 Å². The molecule has 0 aliphatic heterocycles. The third-order valence-electron chi connectivity index (χ3n) is 2.66. The Morgan fingerprint density at radius 1 is 1.42 bits per heavy atom. The molecule has 0 aromatic heterocycles. The molecule has 2 atom stereocenters. The van der Waals surface area contributed by atoms with Gasteiger partial charge in [-0.3, -0.25) is 0 Å². The Kier molecular flexibility index (Phi) is 5.76. The maximum absolute atomic E-state index is 13.7. The lowest BCUT2D eigenvalue weighted by Gasteiger charge is -2.17. The minimum Gasteiger partial charge on any atom is -0.479 e. The third kappa shape index (κ3) is 4.21. The monoisotopic (exact) mass is 269 g/mol. The van der Waals surface area contributed by atoms with Crippen LogP contribution in [0.3, 0.4) is 0 Å². The first-order valence-corrected chi connectivity index (χ1v) is 6.37. The zero-order valence-electron chi connectivity index (χ0n) is 11.5. The SMILES string of the molecule is CCOC(=O)C(CC)Oc1ccc(C(C)N)c(F)c1. The van der Waals surface area contributed by atoms with Crippen molar-refractivity contribution in [2.45, 2.75) is 39.3 Å². The number of esters is 1. The highest BCUT2D eigenvalue weighted by atomic mass is 19.1. The molecule has 1 aromatic rings. The number of rotatable bonds is 6. The highest BCUT2D eigenvalue weighted by Crippen LogP contribution is 2.22. The molecule has 0 bridgehead atoms. The maximum atomic E-state index is 13.7. The summed E-state index contributed by atoms with van der Waals surface area (Å²) in [6.45, 7) is 5.51. The summed E-state index contributed by atoms with van der Waals surface area (Å²) in [5.41, 5.74) is 6.04. The Balaban J connectivity index is 2.81. The second-order valence-electron chi connectivity index (χ2n) is 4.24. The van der Waals surface area contributed by atoms with E-state index in [1.54, 1.807) is 32.9 Å². The number of benzene rings is 1. The number of hydrogen-bond donors (Lipinski definition) is 1. The van der Waals surface area contributed by atoms with E-state index in [1.165, 1.54) is 6.07 Å².